The van der Waals surface area contributed by atoms with Gasteiger partial charge in [0.15, 0.2) is 0 Å². The molecule has 1 aromatic carbocycles. The molecular weight excluding hydrogens is 294 g/mol. The van der Waals surface area contributed by atoms with E-state index in [1.54, 1.807) is 12.3 Å². The van der Waals surface area contributed by atoms with Crippen LogP contribution in [0.2, 0.25) is 0 Å². The summed E-state index contributed by atoms with van der Waals surface area (Å²) in [5.41, 5.74) is 2.70. The van der Waals surface area contributed by atoms with Gasteiger partial charge in [0.25, 0.3) is 0 Å². The van der Waals surface area contributed by atoms with Gasteiger partial charge in [0.05, 0.1) is 18.9 Å². The molecule has 0 N–H and O–H groups in total. The van der Waals surface area contributed by atoms with E-state index in [2.05, 4.69) is 4.98 Å². The van der Waals surface area contributed by atoms with Gasteiger partial charge >= 0.3 is 5.97 Å². The molecule has 0 bridgehead atoms. The lowest BCUT2D eigenvalue weighted by atomic mass is 10.2. The third-order valence-electron chi connectivity index (χ3n) is 3.27. The Hall–Kier alpha value is -2.40. The number of rotatable bonds is 8. The summed E-state index contributed by atoms with van der Waals surface area (Å²) in [5.74, 6) is 0.400. The number of ether oxygens (including phenoxy) is 3. The number of hydrogen-bond acceptors (Lipinski definition) is 5. The van der Waals surface area contributed by atoms with Crippen molar-refractivity contribution in [3.05, 3.63) is 59.4 Å². The summed E-state index contributed by atoms with van der Waals surface area (Å²) in [5, 5.41) is 0. The number of carbonyl (C=O) groups is 1. The van der Waals surface area contributed by atoms with Crippen LogP contribution in [0.25, 0.3) is 0 Å². The largest absolute Gasteiger partial charge is 0.491 e. The number of hydrogen-bond donors (Lipinski definition) is 0. The minimum Gasteiger partial charge on any atom is -0.491 e. The fourth-order valence-electron chi connectivity index (χ4n) is 2.01. The van der Waals surface area contributed by atoms with Gasteiger partial charge in [-0.3, -0.25) is 9.78 Å². The van der Waals surface area contributed by atoms with Crippen molar-refractivity contribution in [1.82, 2.24) is 4.98 Å². The van der Waals surface area contributed by atoms with E-state index in [0.29, 0.717) is 25.5 Å². The van der Waals surface area contributed by atoms with E-state index in [1.165, 1.54) is 6.92 Å². The van der Waals surface area contributed by atoms with Crippen molar-refractivity contribution in [2.24, 2.45) is 0 Å². The van der Waals surface area contributed by atoms with Gasteiger partial charge in [-0.05, 0) is 18.6 Å². The standard InChI is InChI=1S/C18H21NO4/c1-14-17(13-23-15(2)20)19-9-8-18(14)22-11-10-21-12-16-6-4-3-5-7-16/h3-9H,10-13H2,1-2H3. The number of nitrogens with zero attached hydrogens (tertiary/aromatic N) is 1. The number of aromatic nitrogens is 1. The van der Waals surface area contributed by atoms with Gasteiger partial charge < -0.3 is 14.2 Å². The van der Waals surface area contributed by atoms with Crippen LogP contribution in [0.5, 0.6) is 5.75 Å². The van der Waals surface area contributed by atoms with E-state index in [1.807, 2.05) is 37.3 Å². The summed E-state index contributed by atoms with van der Waals surface area (Å²) in [6.45, 7) is 4.94. The molecule has 0 radical (unpaired) electrons. The van der Waals surface area contributed by atoms with Crippen molar-refractivity contribution < 1.29 is 19.0 Å². The molecule has 0 spiro atoms. The first kappa shape index (κ1) is 17.0. The summed E-state index contributed by atoms with van der Waals surface area (Å²) in [4.78, 5) is 15.1. The van der Waals surface area contributed by atoms with E-state index >= 15 is 0 Å². The lowest BCUT2D eigenvalue weighted by Gasteiger charge is -2.12. The molecule has 0 fully saturated rings. The van der Waals surface area contributed by atoms with Gasteiger partial charge in [-0.25, -0.2) is 0 Å². The highest BCUT2D eigenvalue weighted by Crippen LogP contribution is 2.20. The average molecular weight is 315 g/mol. The Balaban J connectivity index is 1.77. The molecule has 0 aliphatic heterocycles. The maximum Gasteiger partial charge on any atom is 0.303 e. The lowest BCUT2D eigenvalue weighted by Crippen LogP contribution is -2.09. The van der Waals surface area contributed by atoms with Crippen LogP contribution < -0.4 is 4.74 Å². The van der Waals surface area contributed by atoms with E-state index in [4.69, 9.17) is 14.2 Å². The molecular formula is C18H21NO4. The fraction of sp³-hybridized carbons (Fsp3) is 0.333. The number of benzene rings is 1. The van der Waals surface area contributed by atoms with Crippen molar-refractivity contribution in [3.8, 4) is 5.75 Å². The molecule has 0 saturated carbocycles. The molecule has 122 valence electrons. The third kappa shape index (κ3) is 5.71. The van der Waals surface area contributed by atoms with Crippen molar-refractivity contribution in [3.63, 3.8) is 0 Å². The van der Waals surface area contributed by atoms with E-state index < -0.39 is 0 Å². The normalized spacial score (nSPS) is 10.3. The van der Waals surface area contributed by atoms with Crippen molar-refractivity contribution in [1.29, 1.82) is 0 Å². The highest BCUT2D eigenvalue weighted by atomic mass is 16.5. The van der Waals surface area contributed by atoms with Crippen molar-refractivity contribution in [2.45, 2.75) is 27.1 Å². The summed E-state index contributed by atoms with van der Waals surface area (Å²) in [7, 11) is 0. The van der Waals surface area contributed by atoms with Crippen molar-refractivity contribution >= 4 is 5.97 Å². The Kier molecular flexibility index (Phi) is 6.56. The van der Waals surface area contributed by atoms with Crippen LogP contribution >= 0.6 is 0 Å². The molecule has 0 saturated heterocycles. The van der Waals surface area contributed by atoms with Gasteiger partial charge in [-0.2, -0.15) is 0 Å². The molecule has 1 aromatic heterocycles. The van der Waals surface area contributed by atoms with Gasteiger partial charge in [0.2, 0.25) is 0 Å². The first-order valence-corrected chi connectivity index (χ1v) is 7.49. The molecule has 0 aliphatic carbocycles. The molecule has 0 atom stereocenters. The summed E-state index contributed by atoms with van der Waals surface area (Å²) < 4.78 is 16.3. The summed E-state index contributed by atoms with van der Waals surface area (Å²) in [6.07, 6.45) is 1.64. The predicted octanol–water partition coefficient (Wildman–Crippen LogP) is 3.05. The molecule has 1 heterocycles. The first-order chi connectivity index (χ1) is 11.2. The minimum atomic E-state index is -0.327. The average Bonchev–Trinajstić information content (AvgIpc) is 2.55. The van der Waals surface area contributed by atoms with Crippen molar-refractivity contribution in [2.75, 3.05) is 13.2 Å². The smallest absolute Gasteiger partial charge is 0.303 e. The Morgan fingerprint density at radius 2 is 1.87 bits per heavy atom. The van der Waals surface area contributed by atoms with Gasteiger partial charge in [-0.1, -0.05) is 30.3 Å². The van der Waals surface area contributed by atoms with Crippen LogP contribution in [0.1, 0.15) is 23.7 Å². The Morgan fingerprint density at radius 3 is 2.61 bits per heavy atom. The SMILES string of the molecule is CC(=O)OCc1nccc(OCCOCc2ccccc2)c1C. The van der Waals surface area contributed by atoms with Crippen LogP contribution in [-0.4, -0.2) is 24.2 Å². The second-order valence-electron chi connectivity index (χ2n) is 5.05. The molecule has 5 nitrogen and oxygen atoms in total. The highest BCUT2D eigenvalue weighted by Gasteiger charge is 2.08. The molecule has 0 aliphatic rings. The number of pyridine rings is 1. The van der Waals surface area contributed by atoms with Crippen LogP contribution in [0.4, 0.5) is 0 Å². The molecule has 2 rings (SSSR count). The van der Waals surface area contributed by atoms with Crippen LogP contribution in [-0.2, 0) is 27.5 Å². The van der Waals surface area contributed by atoms with Gasteiger partial charge in [-0.15, -0.1) is 0 Å². The summed E-state index contributed by atoms with van der Waals surface area (Å²) >= 11 is 0. The molecule has 0 amide bonds. The third-order valence-corrected chi connectivity index (χ3v) is 3.27. The maximum absolute atomic E-state index is 10.9. The maximum atomic E-state index is 10.9. The molecule has 23 heavy (non-hydrogen) atoms. The van der Waals surface area contributed by atoms with Crippen LogP contribution in [0.15, 0.2) is 42.6 Å². The fourth-order valence-corrected chi connectivity index (χ4v) is 2.01. The van der Waals surface area contributed by atoms with Gasteiger partial charge in [0.1, 0.15) is 19.0 Å². The number of carbonyl (C=O) groups excluding carboxylic acids is 1. The van der Waals surface area contributed by atoms with E-state index in [-0.39, 0.29) is 12.6 Å². The highest BCUT2D eigenvalue weighted by molar-refractivity contribution is 5.65. The molecule has 0 unspecified atom stereocenters. The van der Waals surface area contributed by atoms with E-state index in [0.717, 1.165) is 16.9 Å². The quantitative estimate of drug-likeness (QED) is 0.553. The number of esters is 1. The minimum absolute atomic E-state index is 0.156. The zero-order chi connectivity index (χ0) is 16.5. The van der Waals surface area contributed by atoms with E-state index in [9.17, 15) is 4.79 Å². The zero-order valence-corrected chi connectivity index (χ0v) is 13.5. The predicted molar refractivity (Wildman–Crippen MR) is 86.0 cm³/mol. The Morgan fingerprint density at radius 1 is 1.09 bits per heavy atom. The van der Waals surface area contributed by atoms with Gasteiger partial charge in [0, 0.05) is 18.7 Å². The summed E-state index contributed by atoms with van der Waals surface area (Å²) in [6, 6.07) is 11.8. The lowest BCUT2D eigenvalue weighted by molar-refractivity contribution is -0.142. The van der Waals surface area contributed by atoms with Crippen LogP contribution in [0.3, 0.4) is 0 Å². The second-order valence-corrected chi connectivity index (χ2v) is 5.05. The van der Waals surface area contributed by atoms with Crippen LogP contribution in [0, 0.1) is 6.92 Å². The topological polar surface area (TPSA) is 57.7 Å². The monoisotopic (exact) mass is 315 g/mol. The first-order valence-electron chi connectivity index (χ1n) is 7.49. The zero-order valence-electron chi connectivity index (χ0n) is 13.5. The second kappa shape index (κ2) is 8.90. The Labute approximate surface area is 136 Å². The Bertz CT molecular complexity index is 628. The molecule has 2 aromatic rings. The molecule has 5 heteroatoms.